The van der Waals surface area contributed by atoms with Gasteiger partial charge in [0.2, 0.25) is 0 Å². The lowest BCUT2D eigenvalue weighted by Crippen LogP contribution is -1.93. The number of H-pyrrole nitrogens is 4. The summed E-state index contributed by atoms with van der Waals surface area (Å²) in [6, 6.07) is 25.6. The summed E-state index contributed by atoms with van der Waals surface area (Å²) in [5.41, 5.74) is 10.2. The van der Waals surface area contributed by atoms with Crippen LogP contribution in [0, 0.1) is 0 Å². The van der Waals surface area contributed by atoms with Crippen LogP contribution in [0.15, 0.2) is 97.6 Å². The van der Waals surface area contributed by atoms with Crippen LogP contribution in [0.3, 0.4) is 0 Å². The Morgan fingerprint density at radius 2 is 0.868 bits per heavy atom. The summed E-state index contributed by atoms with van der Waals surface area (Å²) < 4.78 is 0. The van der Waals surface area contributed by atoms with Crippen LogP contribution >= 0.6 is 0 Å². The zero-order valence-corrected chi connectivity index (χ0v) is 20.1. The summed E-state index contributed by atoms with van der Waals surface area (Å²) in [5, 5.41) is 6.75. The van der Waals surface area contributed by atoms with Crippen LogP contribution in [0.25, 0.3) is 87.9 Å². The number of rotatable bonds is 2. The third kappa shape index (κ3) is 2.61. The van der Waals surface area contributed by atoms with Gasteiger partial charge in [-0.05, 0) is 48.5 Å². The molecule has 0 bridgehead atoms. The molecule has 9 rings (SSSR count). The molecule has 0 aliphatic rings. The molecule has 0 saturated carbocycles. The number of aromatic amines is 4. The fourth-order valence-electron chi connectivity index (χ4n) is 6.03. The Labute approximate surface area is 215 Å². The second kappa shape index (κ2) is 7.11. The molecule has 6 heterocycles. The smallest absolute Gasteiger partial charge is 0.0972 e. The van der Waals surface area contributed by atoms with E-state index in [0.29, 0.717) is 0 Å². The summed E-state index contributed by atoms with van der Waals surface area (Å²) >= 11 is 0. The van der Waals surface area contributed by atoms with E-state index in [0.717, 1.165) is 87.9 Å². The van der Waals surface area contributed by atoms with Crippen LogP contribution in [0.4, 0.5) is 0 Å². The molecule has 178 valence electrons. The molecule has 0 amide bonds. The Kier molecular flexibility index (Phi) is 3.70. The van der Waals surface area contributed by atoms with Crippen molar-refractivity contribution in [2.45, 2.75) is 0 Å². The highest BCUT2D eigenvalue weighted by Crippen LogP contribution is 2.38. The summed E-state index contributed by atoms with van der Waals surface area (Å²) in [7, 11) is 0. The lowest BCUT2D eigenvalue weighted by molar-refractivity contribution is 1.37. The van der Waals surface area contributed by atoms with Crippen molar-refractivity contribution >= 4 is 65.4 Å². The van der Waals surface area contributed by atoms with Crippen LogP contribution in [0.5, 0.6) is 0 Å². The molecule has 0 fully saturated rings. The topological polar surface area (TPSA) is 88.9 Å². The molecule has 0 saturated heterocycles. The number of nitrogens with one attached hydrogen (secondary N) is 4. The summed E-state index contributed by atoms with van der Waals surface area (Å²) in [4.78, 5) is 24.1. The molecule has 6 aromatic heterocycles. The monoisotopic (exact) mass is 488 g/mol. The average Bonchev–Trinajstić information content (AvgIpc) is 3.76. The lowest BCUT2D eigenvalue weighted by Gasteiger charge is -2.11. The van der Waals surface area contributed by atoms with Crippen molar-refractivity contribution in [1.29, 1.82) is 0 Å². The zero-order chi connectivity index (χ0) is 24.8. The van der Waals surface area contributed by atoms with Gasteiger partial charge < -0.3 is 19.9 Å². The molecule has 0 aliphatic carbocycles. The molecule has 0 atom stereocenters. The van der Waals surface area contributed by atoms with Crippen LogP contribution in [-0.2, 0) is 0 Å². The standard InChI is InChI=1S/C32H20N6/c1-2-18-4-6-24(28-22-10-14-34-26(22)16-20-8-12-36-30(20)28)38-32(18)31-17(1)3-5-23(37-31)27-21-9-13-33-25(21)15-19-7-11-35-29(19)27/h1-16,33-36H. The van der Waals surface area contributed by atoms with Gasteiger partial charge in [0.1, 0.15) is 0 Å². The Balaban J connectivity index is 1.35. The van der Waals surface area contributed by atoms with E-state index in [1.165, 1.54) is 0 Å². The lowest BCUT2D eigenvalue weighted by atomic mass is 10.0. The number of fused-ring (bicyclic) bond motifs is 7. The Morgan fingerprint density at radius 1 is 0.421 bits per heavy atom. The number of benzene rings is 3. The fraction of sp³-hybridized carbons (Fsp3) is 0. The van der Waals surface area contributed by atoms with Crippen molar-refractivity contribution in [2.24, 2.45) is 0 Å². The maximum atomic E-state index is 5.26. The molecule has 6 heteroatoms. The van der Waals surface area contributed by atoms with Crippen molar-refractivity contribution in [2.75, 3.05) is 0 Å². The van der Waals surface area contributed by atoms with Crippen molar-refractivity contribution in [3.8, 4) is 22.5 Å². The first-order chi connectivity index (χ1) is 18.8. The van der Waals surface area contributed by atoms with E-state index in [9.17, 15) is 0 Å². The van der Waals surface area contributed by atoms with Gasteiger partial charge in [-0.2, -0.15) is 0 Å². The first-order valence-corrected chi connectivity index (χ1v) is 12.7. The van der Waals surface area contributed by atoms with E-state index < -0.39 is 0 Å². The van der Waals surface area contributed by atoms with Crippen LogP contribution < -0.4 is 0 Å². The molecule has 0 aliphatic heterocycles. The summed E-state index contributed by atoms with van der Waals surface area (Å²) in [6.07, 6.45) is 7.95. The highest BCUT2D eigenvalue weighted by atomic mass is 14.8. The van der Waals surface area contributed by atoms with Gasteiger partial charge in [-0.1, -0.05) is 24.3 Å². The van der Waals surface area contributed by atoms with Crippen molar-refractivity contribution < 1.29 is 0 Å². The summed E-state index contributed by atoms with van der Waals surface area (Å²) in [6.45, 7) is 0. The third-order valence-corrected chi connectivity index (χ3v) is 7.79. The molecule has 4 N–H and O–H groups in total. The minimum absolute atomic E-state index is 0.901. The van der Waals surface area contributed by atoms with Crippen molar-refractivity contribution in [3.05, 3.63) is 97.6 Å². The second-order valence-electron chi connectivity index (χ2n) is 9.87. The van der Waals surface area contributed by atoms with E-state index in [1.807, 2.05) is 24.8 Å². The van der Waals surface area contributed by atoms with E-state index in [4.69, 9.17) is 9.97 Å². The third-order valence-electron chi connectivity index (χ3n) is 7.79. The van der Waals surface area contributed by atoms with E-state index in [-0.39, 0.29) is 0 Å². The summed E-state index contributed by atoms with van der Waals surface area (Å²) in [5.74, 6) is 0. The molecule has 0 radical (unpaired) electrons. The minimum atomic E-state index is 0.901. The maximum Gasteiger partial charge on any atom is 0.0972 e. The van der Waals surface area contributed by atoms with Crippen LogP contribution in [0.2, 0.25) is 0 Å². The first-order valence-electron chi connectivity index (χ1n) is 12.7. The molecular weight excluding hydrogens is 468 g/mol. The van der Waals surface area contributed by atoms with Gasteiger partial charge in [0.15, 0.2) is 0 Å². The molecule has 3 aromatic carbocycles. The van der Waals surface area contributed by atoms with Gasteiger partial charge in [-0.25, -0.2) is 9.97 Å². The van der Waals surface area contributed by atoms with E-state index in [1.54, 1.807) is 0 Å². The predicted octanol–water partition coefficient (Wildman–Crippen LogP) is 8.04. The largest absolute Gasteiger partial charge is 0.361 e. The van der Waals surface area contributed by atoms with Gasteiger partial charge in [-0.15, -0.1) is 0 Å². The normalized spacial score (nSPS) is 12.2. The zero-order valence-electron chi connectivity index (χ0n) is 20.1. The van der Waals surface area contributed by atoms with Gasteiger partial charge in [-0.3, -0.25) is 0 Å². The molecule has 9 aromatic rings. The molecular formula is C32H20N6. The molecule has 38 heavy (non-hydrogen) atoms. The van der Waals surface area contributed by atoms with E-state index >= 15 is 0 Å². The predicted molar refractivity (Wildman–Crippen MR) is 155 cm³/mol. The number of pyridine rings is 2. The molecule has 0 unspecified atom stereocenters. The Bertz CT molecular complexity index is 2100. The second-order valence-corrected chi connectivity index (χ2v) is 9.87. The number of nitrogens with zero attached hydrogens (tertiary/aromatic N) is 2. The maximum absolute atomic E-state index is 5.26. The quantitative estimate of drug-likeness (QED) is 0.186. The Hall–Kier alpha value is -5.36. The Morgan fingerprint density at radius 3 is 1.37 bits per heavy atom. The van der Waals surface area contributed by atoms with Gasteiger partial charge >= 0.3 is 0 Å². The van der Waals surface area contributed by atoms with Crippen molar-refractivity contribution in [3.63, 3.8) is 0 Å². The highest BCUT2D eigenvalue weighted by Gasteiger charge is 2.17. The van der Waals surface area contributed by atoms with Crippen molar-refractivity contribution in [1.82, 2.24) is 29.9 Å². The number of hydrogen-bond acceptors (Lipinski definition) is 2. The fourth-order valence-corrected chi connectivity index (χ4v) is 6.03. The van der Waals surface area contributed by atoms with Gasteiger partial charge in [0.05, 0.1) is 33.5 Å². The van der Waals surface area contributed by atoms with E-state index in [2.05, 4.69) is 92.7 Å². The van der Waals surface area contributed by atoms with Crippen LogP contribution in [-0.4, -0.2) is 29.9 Å². The average molecular weight is 489 g/mol. The molecule has 6 nitrogen and oxygen atoms in total. The highest BCUT2D eigenvalue weighted by molar-refractivity contribution is 6.13. The number of aromatic nitrogens is 6. The minimum Gasteiger partial charge on any atom is -0.361 e. The first kappa shape index (κ1) is 19.8. The van der Waals surface area contributed by atoms with Gasteiger partial charge in [0.25, 0.3) is 0 Å². The van der Waals surface area contributed by atoms with Crippen LogP contribution in [0.1, 0.15) is 0 Å². The number of hydrogen-bond donors (Lipinski definition) is 4. The molecule has 0 spiro atoms. The van der Waals surface area contributed by atoms with Gasteiger partial charge in [0, 0.05) is 79.3 Å². The SMILES string of the molecule is c1cc2c(-c3ccc4ccc5ccc(-c6c7cc[nH]c7cc7cc[nH]c67)nc5c4n3)c3[nH]ccc3cc2[nH]1.